The minimum Gasteiger partial charge on any atom is -0.330 e. The molecule has 2 heteroatoms. The van der Waals surface area contributed by atoms with Gasteiger partial charge in [-0.05, 0) is 36.0 Å². The molecule has 0 radical (unpaired) electrons. The first-order chi connectivity index (χ1) is 14.4. The molecule has 1 aromatic heterocycles. The van der Waals surface area contributed by atoms with Crippen molar-refractivity contribution in [2.75, 3.05) is 0 Å². The van der Waals surface area contributed by atoms with Crippen LogP contribution in [0.2, 0.25) is 0 Å². The molecule has 2 nitrogen and oxygen atoms in total. The summed E-state index contributed by atoms with van der Waals surface area (Å²) in [5.74, 6) is 0.373. The van der Waals surface area contributed by atoms with Crippen molar-refractivity contribution in [1.82, 2.24) is 9.55 Å². The summed E-state index contributed by atoms with van der Waals surface area (Å²) in [6, 6.07) is 32.3. The number of aromatic nitrogens is 2. The van der Waals surface area contributed by atoms with Crippen LogP contribution in [-0.2, 0) is 13.0 Å². The van der Waals surface area contributed by atoms with E-state index in [1.807, 2.05) is 6.33 Å². The van der Waals surface area contributed by atoms with E-state index in [1.54, 1.807) is 0 Å². The summed E-state index contributed by atoms with van der Waals surface area (Å²) in [7, 11) is 0. The van der Waals surface area contributed by atoms with Crippen molar-refractivity contribution in [3.8, 4) is 0 Å². The second-order valence-electron chi connectivity index (χ2n) is 7.63. The van der Waals surface area contributed by atoms with Crippen molar-refractivity contribution in [1.29, 1.82) is 0 Å². The average Bonchev–Trinajstić information content (AvgIpc) is 3.23. The van der Waals surface area contributed by atoms with Gasteiger partial charge < -0.3 is 4.57 Å². The van der Waals surface area contributed by atoms with Gasteiger partial charge in [-0.25, -0.2) is 4.98 Å². The third-order valence-electron chi connectivity index (χ3n) is 5.55. The zero-order valence-electron chi connectivity index (χ0n) is 16.8. The monoisotopic (exact) mass is 380 g/mol. The van der Waals surface area contributed by atoms with E-state index in [-0.39, 0.29) is 0 Å². The summed E-state index contributed by atoms with van der Waals surface area (Å²) >= 11 is 0. The first-order valence-electron chi connectivity index (χ1n) is 10.5. The Hall–Kier alpha value is -3.13. The van der Waals surface area contributed by atoms with E-state index in [0.29, 0.717) is 5.92 Å². The molecule has 4 rings (SSSR count). The lowest BCUT2D eigenvalue weighted by molar-refractivity contribution is 0.590. The lowest BCUT2D eigenvalue weighted by atomic mass is 9.90. The van der Waals surface area contributed by atoms with Crippen molar-refractivity contribution in [3.05, 3.63) is 126 Å². The molecule has 0 amide bonds. The molecule has 0 N–H and O–H groups in total. The number of unbranched alkanes of at least 4 members (excludes halogenated alkanes) is 1. The molecule has 29 heavy (non-hydrogen) atoms. The maximum absolute atomic E-state index is 4.50. The van der Waals surface area contributed by atoms with E-state index < -0.39 is 0 Å². The number of nitrogens with zero attached hydrogens (tertiary/aromatic N) is 2. The van der Waals surface area contributed by atoms with Gasteiger partial charge in [-0.3, -0.25) is 0 Å². The Morgan fingerprint density at radius 2 is 1.31 bits per heavy atom. The van der Waals surface area contributed by atoms with Gasteiger partial charge in [-0.2, -0.15) is 0 Å². The highest BCUT2D eigenvalue weighted by Crippen LogP contribution is 2.30. The molecule has 1 unspecified atom stereocenters. The topological polar surface area (TPSA) is 17.8 Å². The fourth-order valence-corrected chi connectivity index (χ4v) is 4.03. The lowest BCUT2D eigenvalue weighted by Crippen LogP contribution is -2.10. The highest BCUT2D eigenvalue weighted by Gasteiger charge is 2.18. The predicted molar refractivity (Wildman–Crippen MR) is 120 cm³/mol. The summed E-state index contributed by atoms with van der Waals surface area (Å²) in [5, 5.41) is 0. The Morgan fingerprint density at radius 3 is 2.00 bits per heavy atom. The summed E-state index contributed by atoms with van der Waals surface area (Å²) in [6.45, 7) is 0.865. The number of imidazole rings is 1. The van der Waals surface area contributed by atoms with Crippen LogP contribution in [0.4, 0.5) is 0 Å². The first kappa shape index (κ1) is 19.2. The highest BCUT2D eigenvalue weighted by atomic mass is 15.0. The maximum Gasteiger partial charge on any atom is 0.0951 e. The molecule has 4 aromatic rings. The lowest BCUT2D eigenvalue weighted by Gasteiger charge is -2.20. The molecule has 0 aliphatic carbocycles. The molecule has 0 saturated heterocycles. The van der Waals surface area contributed by atoms with Crippen molar-refractivity contribution in [2.45, 2.75) is 38.1 Å². The Balaban J connectivity index is 1.49. The molecule has 0 fully saturated rings. The zero-order valence-corrected chi connectivity index (χ0v) is 16.8. The van der Waals surface area contributed by atoms with Gasteiger partial charge in [0, 0.05) is 24.4 Å². The Kier molecular flexibility index (Phi) is 6.54. The van der Waals surface area contributed by atoms with Crippen LogP contribution in [0.3, 0.4) is 0 Å². The molecule has 146 valence electrons. The molecule has 0 aliphatic rings. The molecule has 1 atom stereocenters. The normalized spacial score (nSPS) is 12.0. The maximum atomic E-state index is 4.50. The number of aryl methyl sites for hydroxylation is 1. The fraction of sp³-hybridized carbons (Fsp3) is 0.222. The molecular weight excluding hydrogens is 352 g/mol. The Labute approximate surface area is 173 Å². The average molecular weight is 381 g/mol. The smallest absolute Gasteiger partial charge is 0.0951 e. The number of benzene rings is 3. The molecule has 3 aromatic carbocycles. The summed E-state index contributed by atoms with van der Waals surface area (Å²) in [4.78, 5) is 4.50. The van der Waals surface area contributed by atoms with Crippen molar-refractivity contribution < 1.29 is 0 Å². The van der Waals surface area contributed by atoms with Crippen molar-refractivity contribution >= 4 is 0 Å². The quantitative estimate of drug-likeness (QED) is 0.304. The summed E-state index contributed by atoms with van der Waals surface area (Å²) < 4.78 is 2.31. The van der Waals surface area contributed by atoms with Gasteiger partial charge in [0.2, 0.25) is 0 Å². The second kappa shape index (κ2) is 9.88. The van der Waals surface area contributed by atoms with Gasteiger partial charge in [0.1, 0.15) is 0 Å². The van der Waals surface area contributed by atoms with Gasteiger partial charge in [0.05, 0.1) is 6.33 Å². The SMILES string of the molecule is c1ccc(CCCCC(c2ccccc2)c2cncn2Cc2ccccc2)cc1. The molecular formula is C27H28N2. The van der Waals surface area contributed by atoms with Gasteiger partial charge in [-0.1, -0.05) is 97.4 Å². The van der Waals surface area contributed by atoms with Crippen molar-refractivity contribution in [2.24, 2.45) is 0 Å². The van der Waals surface area contributed by atoms with Crippen LogP contribution in [0.25, 0.3) is 0 Å². The Bertz CT molecular complexity index is 975. The van der Waals surface area contributed by atoms with Crippen LogP contribution < -0.4 is 0 Å². The number of hydrogen-bond donors (Lipinski definition) is 0. The first-order valence-corrected chi connectivity index (χ1v) is 10.5. The van der Waals surface area contributed by atoms with E-state index in [2.05, 4.69) is 107 Å². The largest absolute Gasteiger partial charge is 0.330 e. The fourth-order valence-electron chi connectivity index (χ4n) is 4.03. The zero-order chi connectivity index (χ0) is 19.7. The van der Waals surface area contributed by atoms with E-state index >= 15 is 0 Å². The van der Waals surface area contributed by atoms with Crippen molar-refractivity contribution in [3.63, 3.8) is 0 Å². The minimum atomic E-state index is 0.373. The summed E-state index contributed by atoms with van der Waals surface area (Å²) in [6.07, 6.45) is 8.72. The summed E-state index contributed by atoms with van der Waals surface area (Å²) in [5.41, 5.74) is 5.42. The van der Waals surface area contributed by atoms with Gasteiger partial charge in [0.15, 0.2) is 0 Å². The molecule has 0 saturated carbocycles. The number of hydrogen-bond acceptors (Lipinski definition) is 1. The van der Waals surface area contributed by atoms with Gasteiger partial charge in [0.25, 0.3) is 0 Å². The van der Waals surface area contributed by atoms with E-state index in [0.717, 1.165) is 19.4 Å². The van der Waals surface area contributed by atoms with Crippen LogP contribution in [0.1, 0.15) is 47.6 Å². The van der Waals surface area contributed by atoms with E-state index in [9.17, 15) is 0 Å². The predicted octanol–water partition coefficient (Wildman–Crippen LogP) is 6.48. The van der Waals surface area contributed by atoms with E-state index in [4.69, 9.17) is 0 Å². The second-order valence-corrected chi connectivity index (χ2v) is 7.63. The third kappa shape index (κ3) is 5.23. The highest BCUT2D eigenvalue weighted by molar-refractivity contribution is 5.29. The minimum absolute atomic E-state index is 0.373. The van der Waals surface area contributed by atoms with Gasteiger partial charge in [-0.15, -0.1) is 0 Å². The number of rotatable bonds is 9. The van der Waals surface area contributed by atoms with E-state index in [1.165, 1.54) is 35.2 Å². The third-order valence-corrected chi connectivity index (χ3v) is 5.55. The van der Waals surface area contributed by atoms with Crippen LogP contribution in [0.15, 0.2) is 104 Å². The standard InChI is InChI=1S/C27H28N2/c1-4-12-23(13-5-1)14-10-11-19-26(25-17-8-3-9-18-25)27-20-28-22-29(27)21-24-15-6-2-7-16-24/h1-9,12-13,15-18,20,22,26H,10-11,14,19,21H2. The van der Waals surface area contributed by atoms with Crippen LogP contribution in [0.5, 0.6) is 0 Å². The van der Waals surface area contributed by atoms with Crippen LogP contribution >= 0.6 is 0 Å². The Morgan fingerprint density at radius 1 is 0.690 bits per heavy atom. The molecule has 0 bridgehead atoms. The molecule has 0 spiro atoms. The molecule has 1 heterocycles. The van der Waals surface area contributed by atoms with Gasteiger partial charge >= 0.3 is 0 Å². The van der Waals surface area contributed by atoms with Crippen LogP contribution in [0, 0.1) is 0 Å². The molecule has 0 aliphatic heterocycles. The van der Waals surface area contributed by atoms with Crippen LogP contribution in [-0.4, -0.2) is 9.55 Å².